The van der Waals surface area contributed by atoms with Crippen molar-refractivity contribution in [1.82, 2.24) is 50.3 Å². The number of hydrogen-bond acceptors (Lipinski definition) is 22. The molecule has 0 spiro atoms. The molecule has 3 aromatic carbocycles. The molecule has 0 aliphatic rings. The second-order valence-corrected chi connectivity index (χ2v) is 16.2. The second kappa shape index (κ2) is 46.8. The SMILES string of the molecule is C#CCNc1nc(Cl)nc(NCCC)n1.C#CCNc1nc(NCCC)nc(N(Cc2ccc(F)cc2)OC)n1.C#CCNc1nc(NCCC)nc(N(Cc2ccc(F)cc2)OC)n1.CCOCC.CONCc1ccc(F)cc1.Cl.Cl. The van der Waals surface area contributed by atoms with Gasteiger partial charge in [-0.2, -0.15) is 50.3 Å². The second-order valence-electron chi connectivity index (χ2n) is 15.9. The predicted octanol–water partition coefficient (Wildman–Crippen LogP) is 9.65. The van der Waals surface area contributed by atoms with Crippen LogP contribution >= 0.6 is 36.4 Å². The van der Waals surface area contributed by atoms with Gasteiger partial charge in [-0.25, -0.2) is 23.3 Å². The Balaban J connectivity index is 0.00000108. The lowest BCUT2D eigenvalue weighted by molar-refractivity contribution is 0.0867. The fourth-order valence-corrected chi connectivity index (χ4v) is 5.94. The highest BCUT2D eigenvalue weighted by molar-refractivity contribution is 6.28. The molecule has 0 fully saturated rings. The van der Waals surface area contributed by atoms with E-state index in [1.807, 2.05) is 34.6 Å². The van der Waals surface area contributed by atoms with E-state index in [2.05, 4.69) is 105 Å². The quantitative estimate of drug-likeness (QED) is 0.0179. The van der Waals surface area contributed by atoms with Gasteiger partial charge >= 0.3 is 0 Å². The third-order valence-electron chi connectivity index (χ3n) is 9.61. The molecule has 0 unspecified atom stereocenters. The van der Waals surface area contributed by atoms with Crippen molar-refractivity contribution in [1.29, 1.82) is 0 Å². The third-order valence-corrected chi connectivity index (χ3v) is 9.78. The lowest BCUT2D eigenvalue weighted by atomic mass is 10.2. The summed E-state index contributed by atoms with van der Waals surface area (Å²) in [5.74, 6) is 9.59. The van der Waals surface area contributed by atoms with Gasteiger partial charge in [0.2, 0.25) is 41.0 Å². The number of halogens is 6. The van der Waals surface area contributed by atoms with Crippen LogP contribution in [-0.4, -0.2) is 119 Å². The van der Waals surface area contributed by atoms with Gasteiger partial charge in [0.15, 0.2) is 0 Å². The van der Waals surface area contributed by atoms with Crippen LogP contribution in [0.5, 0.6) is 0 Å². The summed E-state index contributed by atoms with van der Waals surface area (Å²) in [5.41, 5.74) is 5.36. The minimum Gasteiger partial charge on any atom is -0.382 e. The Morgan fingerprint density at radius 1 is 0.458 bits per heavy atom. The number of terminal acetylenes is 3. The van der Waals surface area contributed by atoms with Crippen LogP contribution in [0.25, 0.3) is 0 Å². The lowest BCUT2D eigenvalue weighted by Gasteiger charge is -2.20. The number of aromatic nitrogens is 9. The summed E-state index contributed by atoms with van der Waals surface area (Å²) in [6.45, 7) is 16.3. The minimum absolute atomic E-state index is 0. The molecular weight excluding hydrogens is 1140 g/mol. The molecule has 0 bridgehead atoms. The standard InChI is InChI=1S/2C17H21FN6O.C9H12ClN5.C8H10FNO.C4H10O.2ClH/c2*1-4-10-19-15-21-16(20-11-5-2)23-17(22-15)24(25-3)12-13-6-8-14(18)9-7-13;1-3-5-11-8-13-7(10)14-9(15-8)12-6-4-2;1-11-10-6-7-2-4-8(9)5-3-7;1-3-5-4-2;;/h2*1,6-9H,5,10-12H2,2-3H3,(H2,19,20,21,22,23);1H,4-6H2,2H3,(H2,11,12,13,14,15);2-5,10H,6H2,1H3;3-4H2,1-2H3;2*1H. The van der Waals surface area contributed by atoms with Crippen LogP contribution in [0, 0.1) is 54.5 Å². The Morgan fingerprint density at radius 3 is 1.04 bits per heavy atom. The zero-order valence-corrected chi connectivity index (χ0v) is 50.3. The maximum Gasteiger partial charge on any atom is 0.256 e. The molecule has 0 radical (unpaired) electrons. The molecule has 6 rings (SSSR count). The molecule has 0 saturated carbocycles. The van der Waals surface area contributed by atoms with Gasteiger partial charge in [-0.05, 0) is 97.8 Å². The number of anilines is 8. The van der Waals surface area contributed by atoms with Crippen molar-refractivity contribution < 1.29 is 32.4 Å². The van der Waals surface area contributed by atoms with E-state index in [0.29, 0.717) is 86.9 Å². The van der Waals surface area contributed by atoms with Crippen molar-refractivity contribution in [2.24, 2.45) is 0 Å². The summed E-state index contributed by atoms with van der Waals surface area (Å²) in [7, 11) is 4.57. The molecule has 83 heavy (non-hydrogen) atoms. The number of hydrogen-bond donors (Lipinski definition) is 7. The highest BCUT2D eigenvalue weighted by Gasteiger charge is 2.16. The number of benzene rings is 3. The first-order chi connectivity index (χ1) is 39.3. The highest BCUT2D eigenvalue weighted by Crippen LogP contribution is 2.19. The fourth-order valence-electron chi connectivity index (χ4n) is 5.78. The Hall–Kier alpha value is -7.77. The van der Waals surface area contributed by atoms with E-state index in [4.69, 9.17) is 45.3 Å². The van der Waals surface area contributed by atoms with Gasteiger partial charge in [-0.3, -0.25) is 9.68 Å². The summed E-state index contributed by atoms with van der Waals surface area (Å²) in [4.78, 5) is 53.2. The third kappa shape index (κ3) is 33.1. The van der Waals surface area contributed by atoms with Crippen molar-refractivity contribution in [3.8, 4) is 37.0 Å². The van der Waals surface area contributed by atoms with Gasteiger partial charge in [-0.1, -0.05) is 74.9 Å². The van der Waals surface area contributed by atoms with E-state index >= 15 is 0 Å². The molecule has 22 nitrogen and oxygen atoms in total. The first-order valence-corrected chi connectivity index (χ1v) is 26.1. The van der Waals surface area contributed by atoms with Crippen molar-refractivity contribution in [2.75, 3.05) is 116 Å². The first kappa shape index (κ1) is 75.2. The summed E-state index contributed by atoms with van der Waals surface area (Å²) < 4.78 is 43.3. The Labute approximate surface area is 503 Å². The largest absolute Gasteiger partial charge is 0.382 e. The zero-order valence-electron chi connectivity index (χ0n) is 47.9. The molecule has 3 heterocycles. The molecule has 0 aliphatic heterocycles. The van der Waals surface area contributed by atoms with Gasteiger partial charge in [0, 0.05) is 39.4 Å². The van der Waals surface area contributed by atoms with E-state index in [0.717, 1.165) is 68.8 Å². The normalized spacial score (nSPS) is 9.65. The van der Waals surface area contributed by atoms with E-state index in [1.54, 1.807) is 43.5 Å². The van der Waals surface area contributed by atoms with Gasteiger partial charge in [-0.15, -0.1) is 44.1 Å². The summed E-state index contributed by atoms with van der Waals surface area (Å²) in [5, 5.41) is 21.1. The molecule has 6 aromatic rings. The average molecular weight is 1220 g/mol. The van der Waals surface area contributed by atoms with E-state index in [-0.39, 0.29) is 47.5 Å². The number of hydroxylamine groups is 3. The highest BCUT2D eigenvalue weighted by atomic mass is 35.5. The number of nitrogens with zero attached hydrogens (tertiary/aromatic N) is 11. The molecular formula is C55H76Cl3F3N18O4. The smallest absolute Gasteiger partial charge is 0.256 e. The van der Waals surface area contributed by atoms with Gasteiger partial charge < -0.3 is 41.5 Å². The molecule has 0 aliphatic carbocycles. The predicted molar refractivity (Wildman–Crippen MR) is 329 cm³/mol. The zero-order chi connectivity index (χ0) is 59.5. The van der Waals surface area contributed by atoms with Crippen LogP contribution in [0.2, 0.25) is 5.28 Å². The van der Waals surface area contributed by atoms with Crippen molar-refractivity contribution >= 4 is 84.0 Å². The van der Waals surface area contributed by atoms with E-state index in [9.17, 15) is 13.2 Å². The number of rotatable bonds is 28. The van der Waals surface area contributed by atoms with Crippen LogP contribution in [0.1, 0.15) is 70.6 Å². The van der Waals surface area contributed by atoms with E-state index < -0.39 is 0 Å². The van der Waals surface area contributed by atoms with Gasteiger partial charge in [0.05, 0.1) is 54.1 Å². The van der Waals surface area contributed by atoms with Crippen molar-refractivity contribution in [3.63, 3.8) is 0 Å². The Bertz CT molecular complexity index is 2660. The lowest BCUT2D eigenvalue weighted by Crippen LogP contribution is -2.25. The van der Waals surface area contributed by atoms with Crippen LogP contribution < -0.4 is 47.5 Å². The first-order valence-electron chi connectivity index (χ1n) is 25.7. The minimum atomic E-state index is -0.292. The number of nitrogens with one attached hydrogen (secondary N) is 7. The molecule has 3 aromatic heterocycles. The topological polar surface area (TPSA) is 244 Å². The maximum atomic E-state index is 13.1. The molecule has 452 valence electrons. The van der Waals surface area contributed by atoms with Gasteiger partial charge in [0.25, 0.3) is 11.9 Å². The van der Waals surface area contributed by atoms with Gasteiger partial charge in [0.1, 0.15) is 17.5 Å². The summed E-state index contributed by atoms with van der Waals surface area (Å²) in [6.07, 6.45) is 18.5. The maximum absolute atomic E-state index is 13.1. The average Bonchev–Trinajstić information content (AvgIpc) is 3.52. The summed E-state index contributed by atoms with van der Waals surface area (Å²) >= 11 is 5.71. The molecule has 7 N–H and O–H groups in total. The van der Waals surface area contributed by atoms with Crippen LogP contribution in [-0.2, 0) is 38.9 Å². The molecule has 28 heteroatoms. The monoisotopic (exact) mass is 1210 g/mol. The van der Waals surface area contributed by atoms with Crippen LogP contribution in [0.3, 0.4) is 0 Å². The Morgan fingerprint density at radius 2 is 0.759 bits per heavy atom. The van der Waals surface area contributed by atoms with Crippen molar-refractivity contribution in [3.05, 3.63) is 112 Å². The molecule has 0 saturated heterocycles. The summed E-state index contributed by atoms with van der Waals surface area (Å²) in [6, 6.07) is 18.5. The molecule has 0 amide bonds. The Kier molecular flexibility index (Phi) is 42.4. The number of ether oxygens (including phenoxy) is 1. The van der Waals surface area contributed by atoms with E-state index in [1.165, 1.54) is 60.7 Å². The van der Waals surface area contributed by atoms with Crippen LogP contribution in [0.4, 0.5) is 60.8 Å². The molecule has 0 atom stereocenters. The van der Waals surface area contributed by atoms with Crippen LogP contribution in [0.15, 0.2) is 72.8 Å². The van der Waals surface area contributed by atoms with Crippen molar-refractivity contribution in [2.45, 2.75) is 73.5 Å². The fraction of sp³-hybridized carbons (Fsp3) is 0.400.